The summed E-state index contributed by atoms with van der Waals surface area (Å²) in [5, 5.41) is 9.89. The van der Waals surface area contributed by atoms with Gasteiger partial charge in [0.05, 0.1) is 6.10 Å². The predicted octanol–water partition coefficient (Wildman–Crippen LogP) is 2.17. The maximum absolute atomic E-state index is 13.2. The van der Waals surface area contributed by atoms with E-state index in [4.69, 9.17) is 17.3 Å². The van der Waals surface area contributed by atoms with Crippen molar-refractivity contribution in [1.82, 2.24) is 0 Å². The van der Waals surface area contributed by atoms with Gasteiger partial charge in [-0.3, -0.25) is 0 Å². The molecule has 0 aliphatic carbocycles. The van der Waals surface area contributed by atoms with Crippen LogP contribution < -0.4 is 5.73 Å². The Morgan fingerprint density at radius 3 is 2.50 bits per heavy atom. The van der Waals surface area contributed by atoms with Gasteiger partial charge in [0.15, 0.2) is 0 Å². The summed E-state index contributed by atoms with van der Waals surface area (Å²) >= 11 is 5.78. The molecule has 0 saturated carbocycles. The predicted molar refractivity (Wildman–Crippen MR) is 54.8 cm³/mol. The van der Waals surface area contributed by atoms with E-state index in [1.165, 1.54) is 12.1 Å². The lowest BCUT2D eigenvalue weighted by molar-refractivity contribution is 0.153. The highest BCUT2D eigenvalue weighted by Gasteiger charge is 2.15. The molecular formula is C10H13ClFNO. The van der Waals surface area contributed by atoms with Gasteiger partial charge < -0.3 is 10.8 Å². The highest BCUT2D eigenvalue weighted by molar-refractivity contribution is 6.31. The Kier molecular flexibility index (Phi) is 3.48. The van der Waals surface area contributed by atoms with Crippen molar-refractivity contribution in [2.45, 2.75) is 26.0 Å². The SMILES string of the molecule is Cc1c(F)cc(C(O)C(C)N)cc1Cl. The van der Waals surface area contributed by atoms with E-state index in [1.807, 2.05) is 0 Å². The Labute approximate surface area is 87.5 Å². The average molecular weight is 218 g/mol. The molecule has 2 atom stereocenters. The van der Waals surface area contributed by atoms with Crippen LogP contribution in [0.2, 0.25) is 5.02 Å². The number of rotatable bonds is 2. The second-order valence-corrected chi connectivity index (χ2v) is 3.82. The number of halogens is 2. The molecule has 0 fully saturated rings. The molecular weight excluding hydrogens is 205 g/mol. The van der Waals surface area contributed by atoms with Crippen molar-refractivity contribution >= 4 is 11.6 Å². The zero-order valence-corrected chi connectivity index (χ0v) is 8.85. The largest absolute Gasteiger partial charge is 0.387 e. The molecule has 1 aromatic carbocycles. The van der Waals surface area contributed by atoms with Crippen molar-refractivity contribution in [1.29, 1.82) is 0 Å². The lowest BCUT2D eigenvalue weighted by Gasteiger charge is -2.15. The second kappa shape index (κ2) is 4.26. The van der Waals surface area contributed by atoms with Crippen molar-refractivity contribution in [2.24, 2.45) is 5.73 Å². The van der Waals surface area contributed by atoms with Gasteiger partial charge in [-0.15, -0.1) is 0 Å². The van der Waals surface area contributed by atoms with Gasteiger partial charge in [-0.1, -0.05) is 11.6 Å². The Morgan fingerprint density at radius 2 is 2.07 bits per heavy atom. The molecule has 0 radical (unpaired) electrons. The molecule has 0 aliphatic heterocycles. The molecule has 0 heterocycles. The van der Waals surface area contributed by atoms with Crippen molar-refractivity contribution in [2.75, 3.05) is 0 Å². The molecule has 0 saturated heterocycles. The van der Waals surface area contributed by atoms with Gasteiger partial charge in [0.25, 0.3) is 0 Å². The molecule has 14 heavy (non-hydrogen) atoms. The zero-order chi connectivity index (χ0) is 10.9. The van der Waals surface area contributed by atoms with Crippen LogP contribution in [0.3, 0.4) is 0 Å². The van der Waals surface area contributed by atoms with Crippen molar-refractivity contribution in [3.63, 3.8) is 0 Å². The average Bonchev–Trinajstić information content (AvgIpc) is 2.12. The van der Waals surface area contributed by atoms with Crippen molar-refractivity contribution in [3.05, 3.63) is 34.1 Å². The molecule has 0 aliphatic rings. The summed E-state index contributed by atoms with van der Waals surface area (Å²) in [4.78, 5) is 0. The lowest BCUT2D eigenvalue weighted by atomic mass is 10.0. The summed E-state index contributed by atoms with van der Waals surface area (Å²) in [5.74, 6) is -0.424. The third kappa shape index (κ3) is 2.23. The maximum Gasteiger partial charge on any atom is 0.127 e. The zero-order valence-electron chi connectivity index (χ0n) is 8.09. The highest BCUT2D eigenvalue weighted by Crippen LogP contribution is 2.25. The van der Waals surface area contributed by atoms with Crippen LogP contribution >= 0.6 is 11.6 Å². The summed E-state index contributed by atoms with van der Waals surface area (Å²) in [6.07, 6.45) is -0.886. The normalized spacial score (nSPS) is 15.3. The summed E-state index contributed by atoms with van der Waals surface area (Å²) < 4.78 is 13.2. The van der Waals surface area contributed by atoms with E-state index in [0.29, 0.717) is 16.1 Å². The summed E-state index contributed by atoms with van der Waals surface area (Å²) in [6, 6.07) is 2.34. The first-order chi connectivity index (χ1) is 6.43. The third-order valence-corrected chi connectivity index (χ3v) is 2.54. The smallest absolute Gasteiger partial charge is 0.127 e. The summed E-state index contributed by atoms with van der Waals surface area (Å²) in [7, 11) is 0. The monoisotopic (exact) mass is 217 g/mol. The number of hydrogen-bond donors (Lipinski definition) is 2. The van der Waals surface area contributed by atoms with Crippen LogP contribution in [0.1, 0.15) is 24.2 Å². The van der Waals surface area contributed by atoms with E-state index in [9.17, 15) is 9.50 Å². The second-order valence-electron chi connectivity index (χ2n) is 3.41. The Balaban J connectivity index is 3.12. The fourth-order valence-corrected chi connectivity index (χ4v) is 1.36. The molecule has 0 aromatic heterocycles. The van der Waals surface area contributed by atoms with Crippen molar-refractivity contribution in [3.8, 4) is 0 Å². The first-order valence-electron chi connectivity index (χ1n) is 4.32. The van der Waals surface area contributed by atoms with Crippen LogP contribution in [-0.2, 0) is 0 Å². The first kappa shape index (κ1) is 11.4. The van der Waals surface area contributed by atoms with Gasteiger partial charge in [0, 0.05) is 16.6 Å². The molecule has 78 valence electrons. The minimum absolute atomic E-state index is 0.305. The van der Waals surface area contributed by atoms with Gasteiger partial charge >= 0.3 is 0 Å². The van der Waals surface area contributed by atoms with Gasteiger partial charge in [-0.05, 0) is 31.5 Å². The number of aliphatic hydroxyl groups excluding tert-OH is 1. The van der Waals surface area contributed by atoms with E-state index in [0.717, 1.165) is 0 Å². The molecule has 3 N–H and O–H groups in total. The minimum Gasteiger partial charge on any atom is -0.387 e. The fraction of sp³-hybridized carbons (Fsp3) is 0.400. The molecule has 2 nitrogen and oxygen atoms in total. The number of benzene rings is 1. The van der Waals surface area contributed by atoms with Crippen LogP contribution in [0.15, 0.2) is 12.1 Å². The lowest BCUT2D eigenvalue weighted by Crippen LogP contribution is -2.24. The van der Waals surface area contributed by atoms with E-state index >= 15 is 0 Å². The molecule has 0 amide bonds. The van der Waals surface area contributed by atoms with Crippen LogP contribution in [0.25, 0.3) is 0 Å². The van der Waals surface area contributed by atoms with Crippen LogP contribution in [-0.4, -0.2) is 11.1 Å². The standard InChI is InChI=1S/C10H13ClFNO/c1-5-8(11)3-7(4-9(5)12)10(14)6(2)13/h3-4,6,10,14H,13H2,1-2H3. The van der Waals surface area contributed by atoms with Gasteiger partial charge in [0.1, 0.15) is 5.82 Å². The Morgan fingerprint density at radius 1 is 1.50 bits per heavy atom. The Hall–Kier alpha value is -0.640. The van der Waals surface area contributed by atoms with E-state index in [2.05, 4.69) is 0 Å². The summed E-state index contributed by atoms with van der Waals surface area (Å²) in [5.41, 5.74) is 6.28. The molecule has 1 aromatic rings. The van der Waals surface area contributed by atoms with Gasteiger partial charge in [-0.25, -0.2) is 4.39 Å². The van der Waals surface area contributed by atoms with Crippen LogP contribution in [0, 0.1) is 12.7 Å². The minimum atomic E-state index is -0.886. The molecule has 2 unspecified atom stereocenters. The number of nitrogens with two attached hydrogens (primary N) is 1. The van der Waals surface area contributed by atoms with Gasteiger partial charge in [-0.2, -0.15) is 0 Å². The quantitative estimate of drug-likeness (QED) is 0.798. The van der Waals surface area contributed by atoms with E-state index in [1.54, 1.807) is 13.8 Å². The maximum atomic E-state index is 13.2. The van der Waals surface area contributed by atoms with Crippen molar-refractivity contribution < 1.29 is 9.50 Å². The van der Waals surface area contributed by atoms with E-state index in [-0.39, 0.29) is 0 Å². The molecule has 1 rings (SSSR count). The Bertz CT molecular complexity index is 318. The molecule has 4 heteroatoms. The molecule has 0 bridgehead atoms. The third-order valence-electron chi connectivity index (χ3n) is 2.14. The first-order valence-corrected chi connectivity index (χ1v) is 4.70. The van der Waals surface area contributed by atoms with Gasteiger partial charge in [0.2, 0.25) is 0 Å². The van der Waals surface area contributed by atoms with Crippen LogP contribution in [0.5, 0.6) is 0 Å². The topological polar surface area (TPSA) is 46.2 Å². The fourth-order valence-electron chi connectivity index (χ4n) is 1.14. The van der Waals surface area contributed by atoms with Crippen LogP contribution in [0.4, 0.5) is 4.39 Å². The highest BCUT2D eigenvalue weighted by atomic mass is 35.5. The molecule has 0 spiro atoms. The number of hydrogen-bond acceptors (Lipinski definition) is 2. The van der Waals surface area contributed by atoms with E-state index < -0.39 is 18.0 Å². The summed E-state index contributed by atoms with van der Waals surface area (Å²) in [6.45, 7) is 3.23. The number of aliphatic hydroxyl groups is 1.